The van der Waals surface area contributed by atoms with Gasteiger partial charge in [-0.3, -0.25) is 4.79 Å². The molecule has 4 nitrogen and oxygen atoms in total. The first-order valence-corrected chi connectivity index (χ1v) is 6.36. The number of para-hydroxylation sites is 2. The molecule has 0 amide bonds. The van der Waals surface area contributed by atoms with Gasteiger partial charge in [0.05, 0.1) is 17.6 Å². The molecule has 0 saturated carbocycles. The molecular weight excluding hydrogens is 236 g/mol. The zero-order valence-corrected chi connectivity index (χ0v) is 10.6. The molecule has 0 aliphatic carbocycles. The van der Waals surface area contributed by atoms with Crippen LogP contribution in [-0.4, -0.2) is 27.8 Å². The largest absolute Gasteiger partial charge is 0.465 e. The fraction of sp³-hybridized carbons (Fsp3) is 0.333. The minimum absolute atomic E-state index is 0.210. The summed E-state index contributed by atoms with van der Waals surface area (Å²) in [6, 6.07) is 7.78. The highest BCUT2D eigenvalue weighted by atomic mass is 32.2. The van der Waals surface area contributed by atoms with Crippen LogP contribution in [0, 0.1) is 0 Å². The van der Waals surface area contributed by atoms with Gasteiger partial charge in [0, 0.05) is 0 Å². The lowest BCUT2D eigenvalue weighted by Crippen LogP contribution is -2.16. The van der Waals surface area contributed by atoms with E-state index in [1.807, 2.05) is 31.2 Å². The van der Waals surface area contributed by atoms with Gasteiger partial charge in [-0.05, 0) is 26.0 Å². The Hall–Kier alpha value is -1.49. The number of aromatic nitrogens is 2. The fourth-order valence-electron chi connectivity index (χ4n) is 1.46. The lowest BCUT2D eigenvalue weighted by molar-refractivity contribution is -0.142. The number of carbonyl (C=O) groups is 1. The zero-order valence-electron chi connectivity index (χ0n) is 9.77. The summed E-state index contributed by atoms with van der Waals surface area (Å²) in [6.07, 6.45) is 0. The van der Waals surface area contributed by atoms with Crippen molar-refractivity contribution in [1.82, 2.24) is 9.97 Å². The van der Waals surface area contributed by atoms with Crippen molar-refractivity contribution in [2.45, 2.75) is 24.3 Å². The smallest absolute Gasteiger partial charge is 0.319 e. The molecule has 0 bridgehead atoms. The van der Waals surface area contributed by atoms with Crippen molar-refractivity contribution in [1.29, 1.82) is 0 Å². The maximum atomic E-state index is 11.5. The first-order valence-electron chi connectivity index (χ1n) is 5.48. The maximum absolute atomic E-state index is 11.5. The Kier molecular flexibility index (Phi) is 3.68. The van der Waals surface area contributed by atoms with Crippen LogP contribution in [0.2, 0.25) is 0 Å². The van der Waals surface area contributed by atoms with Gasteiger partial charge >= 0.3 is 5.97 Å². The first-order chi connectivity index (χ1) is 8.20. The third-order valence-corrected chi connectivity index (χ3v) is 3.24. The Morgan fingerprint density at radius 3 is 3.00 bits per heavy atom. The van der Waals surface area contributed by atoms with Gasteiger partial charge < -0.3 is 9.72 Å². The Balaban J connectivity index is 2.10. The molecule has 0 spiro atoms. The number of carbonyl (C=O) groups excluding carboxylic acids is 1. The van der Waals surface area contributed by atoms with Crippen molar-refractivity contribution in [3.63, 3.8) is 0 Å². The Labute approximate surface area is 104 Å². The van der Waals surface area contributed by atoms with E-state index >= 15 is 0 Å². The minimum atomic E-state index is -0.254. The van der Waals surface area contributed by atoms with Crippen molar-refractivity contribution in [3.8, 4) is 0 Å². The van der Waals surface area contributed by atoms with Gasteiger partial charge in [-0.2, -0.15) is 0 Å². The van der Waals surface area contributed by atoms with Gasteiger partial charge in [0.15, 0.2) is 5.16 Å². The number of rotatable bonds is 4. The number of hydrogen-bond acceptors (Lipinski definition) is 4. The summed E-state index contributed by atoms with van der Waals surface area (Å²) in [5.41, 5.74) is 1.89. The van der Waals surface area contributed by atoms with Crippen LogP contribution in [0.1, 0.15) is 13.8 Å². The molecule has 0 radical (unpaired) electrons. The highest BCUT2D eigenvalue weighted by Gasteiger charge is 2.17. The number of hydrogen-bond donors (Lipinski definition) is 1. The number of fused-ring (bicyclic) bond motifs is 1. The second-order valence-corrected chi connectivity index (χ2v) is 4.90. The molecule has 0 aliphatic heterocycles. The van der Waals surface area contributed by atoms with Crippen molar-refractivity contribution < 1.29 is 9.53 Å². The summed E-state index contributed by atoms with van der Waals surface area (Å²) in [6.45, 7) is 4.02. The van der Waals surface area contributed by atoms with Gasteiger partial charge in [0.25, 0.3) is 0 Å². The van der Waals surface area contributed by atoms with Crippen LogP contribution >= 0.6 is 11.8 Å². The van der Waals surface area contributed by atoms with Gasteiger partial charge in [-0.1, -0.05) is 23.9 Å². The summed E-state index contributed by atoms with van der Waals surface area (Å²) in [5, 5.41) is 0.488. The fourth-order valence-corrected chi connectivity index (χ4v) is 2.28. The molecule has 1 N–H and O–H groups in total. The third kappa shape index (κ3) is 2.79. The molecule has 1 aromatic carbocycles. The average Bonchev–Trinajstić information content (AvgIpc) is 2.71. The van der Waals surface area contributed by atoms with Crippen molar-refractivity contribution in [3.05, 3.63) is 24.3 Å². The number of ether oxygens (including phenoxy) is 1. The Morgan fingerprint density at radius 2 is 2.29 bits per heavy atom. The van der Waals surface area contributed by atoms with Crippen LogP contribution in [-0.2, 0) is 9.53 Å². The lowest BCUT2D eigenvalue weighted by Gasteiger charge is -2.07. The van der Waals surface area contributed by atoms with E-state index in [9.17, 15) is 4.79 Å². The van der Waals surface area contributed by atoms with Gasteiger partial charge in [-0.25, -0.2) is 4.98 Å². The monoisotopic (exact) mass is 250 g/mol. The molecule has 2 rings (SSSR count). The number of imidazole rings is 1. The van der Waals surface area contributed by atoms with Crippen LogP contribution < -0.4 is 0 Å². The van der Waals surface area contributed by atoms with Crippen molar-refractivity contribution in [2.24, 2.45) is 0 Å². The standard InChI is InChI=1S/C12H14N2O2S/c1-3-16-11(15)8(2)17-12-13-9-6-4-5-7-10(9)14-12/h4-8H,3H2,1-2H3,(H,13,14). The highest BCUT2D eigenvalue weighted by Crippen LogP contribution is 2.23. The van der Waals surface area contributed by atoms with E-state index in [-0.39, 0.29) is 11.2 Å². The molecule has 90 valence electrons. The SMILES string of the molecule is CCOC(=O)C(C)Sc1nc2ccccc2[nH]1. The summed E-state index contributed by atoms with van der Waals surface area (Å²) in [4.78, 5) is 19.0. The predicted molar refractivity (Wildman–Crippen MR) is 68.0 cm³/mol. The summed E-state index contributed by atoms with van der Waals surface area (Å²) in [5.74, 6) is -0.210. The molecule has 17 heavy (non-hydrogen) atoms. The summed E-state index contributed by atoms with van der Waals surface area (Å²) < 4.78 is 4.95. The second-order valence-electron chi connectivity index (χ2n) is 3.57. The first kappa shape index (κ1) is 12.0. The number of aromatic amines is 1. The molecule has 0 fully saturated rings. The molecule has 1 heterocycles. The number of thioether (sulfide) groups is 1. The number of benzene rings is 1. The topological polar surface area (TPSA) is 55.0 Å². The Morgan fingerprint density at radius 1 is 1.53 bits per heavy atom. The van der Waals surface area contributed by atoms with E-state index in [1.165, 1.54) is 11.8 Å². The molecular formula is C12H14N2O2S. The van der Waals surface area contributed by atoms with Gasteiger partial charge in [0.1, 0.15) is 5.25 Å². The molecule has 0 aliphatic rings. The molecule has 5 heteroatoms. The van der Waals surface area contributed by atoms with E-state index in [2.05, 4.69) is 9.97 Å². The second kappa shape index (κ2) is 5.23. The van der Waals surface area contributed by atoms with Crippen LogP contribution in [0.25, 0.3) is 11.0 Å². The van der Waals surface area contributed by atoms with Crippen LogP contribution in [0.5, 0.6) is 0 Å². The van der Waals surface area contributed by atoms with Gasteiger partial charge in [0.2, 0.25) is 0 Å². The quantitative estimate of drug-likeness (QED) is 0.669. The minimum Gasteiger partial charge on any atom is -0.465 e. The highest BCUT2D eigenvalue weighted by molar-refractivity contribution is 8.00. The van der Waals surface area contributed by atoms with Gasteiger partial charge in [-0.15, -0.1) is 0 Å². The number of nitrogens with zero attached hydrogens (tertiary/aromatic N) is 1. The zero-order chi connectivity index (χ0) is 12.3. The normalized spacial score (nSPS) is 12.6. The molecule has 1 aromatic heterocycles. The van der Waals surface area contributed by atoms with E-state index in [1.54, 1.807) is 6.92 Å². The lowest BCUT2D eigenvalue weighted by atomic mass is 10.3. The average molecular weight is 250 g/mol. The van der Waals surface area contributed by atoms with E-state index in [0.29, 0.717) is 6.61 Å². The molecule has 2 aromatic rings. The van der Waals surface area contributed by atoms with Crippen molar-refractivity contribution >= 4 is 28.8 Å². The molecule has 0 saturated heterocycles. The van der Waals surface area contributed by atoms with E-state index in [0.717, 1.165) is 16.2 Å². The molecule has 1 unspecified atom stereocenters. The van der Waals surface area contributed by atoms with Crippen LogP contribution in [0.3, 0.4) is 0 Å². The predicted octanol–water partition coefficient (Wildman–Crippen LogP) is 2.61. The van der Waals surface area contributed by atoms with Crippen molar-refractivity contribution in [2.75, 3.05) is 6.61 Å². The third-order valence-electron chi connectivity index (χ3n) is 2.27. The number of esters is 1. The summed E-state index contributed by atoms with van der Waals surface area (Å²) in [7, 11) is 0. The number of H-pyrrole nitrogens is 1. The van der Waals surface area contributed by atoms with E-state index in [4.69, 9.17) is 4.74 Å². The maximum Gasteiger partial charge on any atom is 0.319 e. The van der Waals surface area contributed by atoms with E-state index < -0.39 is 0 Å². The Bertz CT molecular complexity index is 491. The summed E-state index contributed by atoms with van der Waals surface area (Å²) >= 11 is 1.38. The number of nitrogens with one attached hydrogen (secondary N) is 1. The molecule has 1 atom stereocenters. The van der Waals surface area contributed by atoms with Crippen LogP contribution in [0.4, 0.5) is 0 Å². The van der Waals surface area contributed by atoms with Crippen LogP contribution in [0.15, 0.2) is 29.4 Å².